The molecule has 0 aliphatic heterocycles. The molecular weight excluding hydrogens is 301 g/mol. The normalized spacial score (nSPS) is 16.6. The molecule has 1 aliphatic rings. The number of carboxylic acids is 1. The van der Waals surface area contributed by atoms with Crippen molar-refractivity contribution in [3.05, 3.63) is 29.6 Å². The Balaban J connectivity index is 1.94. The van der Waals surface area contributed by atoms with E-state index in [4.69, 9.17) is 4.74 Å². The first-order valence-electron chi connectivity index (χ1n) is 7.84. The molecule has 0 bridgehead atoms. The van der Waals surface area contributed by atoms with E-state index in [-0.39, 0.29) is 18.1 Å². The average molecular weight is 323 g/mol. The number of methoxy groups -OCH3 is 1. The van der Waals surface area contributed by atoms with Gasteiger partial charge in [-0.15, -0.1) is 0 Å². The van der Waals surface area contributed by atoms with Gasteiger partial charge in [0.2, 0.25) is 5.91 Å². The standard InChI is InChI=1S/C17H22FNO4/c1-23-14-7-5-12(11-13(14)18)6-8-15(20)19-17(16(21)22)9-3-2-4-10-17/h5,7,11H,2-4,6,8-10H2,1H3,(H,19,20)(H,21,22). The molecular formula is C17H22FNO4. The predicted molar refractivity (Wildman–Crippen MR) is 82.9 cm³/mol. The Hall–Kier alpha value is -2.11. The average Bonchev–Trinajstić information content (AvgIpc) is 2.54. The van der Waals surface area contributed by atoms with E-state index in [1.54, 1.807) is 6.07 Å². The lowest BCUT2D eigenvalue weighted by atomic mass is 9.81. The molecule has 1 aromatic carbocycles. The van der Waals surface area contributed by atoms with Crippen molar-refractivity contribution in [3.63, 3.8) is 0 Å². The van der Waals surface area contributed by atoms with Gasteiger partial charge in [0.15, 0.2) is 11.6 Å². The number of rotatable bonds is 6. The topological polar surface area (TPSA) is 75.6 Å². The maximum Gasteiger partial charge on any atom is 0.329 e. The molecule has 1 saturated carbocycles. The summed E-state index contributed by atoms with van der Waals surface area (Å²) >= 11 is 0. The van der Waals surface area contributed by atoms with E-state index in [0.717, 1.165) is 19.3 Å². The van der Waals surface area contributed by atoms with Gasteiger partial charge < -0.3 is 15.2 Å². The highest BCUT2D eigenvalue weighted by atomic mass is 19.1. The molecule has 0 spiro atoms. The quantitative estimate of drug-likeness (QED) is 0.844. The Morgan fingerprint density at radius 3 is 2.57 bits per heavy atom. The number of aryl methyl sites for hydroxylation is 1. The molecule has 0 saturated heterocycles. The summed E-state index contributed by atoms with van der Waals surface area (Å²) in [5.41, 5.74) is -0.466. The molecule has 1 fully saturated rings. The van der Waals surface area contributed by atoms with Crippen LogP contribution in [0.4, 0.5) is 4.39 Å². The third-order valence-electron chi connectivity index (χ3n) is 4.35. The van der Waals surface area contributed by atoms with E-state index in [0.29, 0.717) is 24.8 Å². The van der Waals surface area contributed by atoms with Crippen LogP contribution in [0.5, 0.6) is 5.75 Å². The summed E-state index contributed by atoms with van der Waals surface area (Å²) in [4.78, 5) is 23.6. The summed E-state index contributed by atoms with van der Waals surface area (Å²) in [6.45, 7) is 0. The van der Waals surface area contributed by atoms with Gasteiger partial charge in [-0.3, -0.25) is 4.79 Å². The second-order valence-electron chi connectivity index (χ2n) is 5.96. The van der Waals surface area contributed by atoms with Crippen LogP contribution in [0.3, 0.4) is 0 Å². The van der Waals surface area contributed by atoms with Crippen molar-refractivity contribution in [1.82, 2.24) is 5.32 Å². The maximum absolute atomic E-state index is 13.6. The summed E-state index contributed by atoms with van der Waals surface area (Å²) in [6.07, 6.45) is 4.00. The molecule has 5 nitrogen and oxygen atoms in total. The Morgan fingerprint density at radius 2 is 2.00 bits per heavy atom. The van der Waals surface area contributed by atoms with Gasteiger partial charge in [0.25, 0.3) is 0 Å². The molecule has 2 N–H and O–H groups in total. The van der Waals surface area contributed by atoms with E-state index in [1.165, 1.54) is 19.2 Å². The highest BCUT2D eigenvalue weighted by Crippen LogP contribution is 2.28. The fraction of sp³-hybridized carbons (Fsp3) is 0.529. The largest absolute Gasteiger partial charge is 0.494 e. The van der Waals surface area contributed by atoms with Crippen molar-refractivity contribution in [2.45, 2.75) is 50.5 Å². The van der Waals surface area contributed by atoms with E-state index in [2.05, 4.69) is 5.32 Å². The van der Waals surface area contributed by atoms with Gasteiger partial charge in [0.1, 0.15) is 5.54 Å². The fourth-order valence-corrected chi connectivity index (χ4v) is 3.00. The Kier molecular flexibility index (Phi) is 5.58. The van der Waals surface area contributed by atoms with Crippen molar-refractivity contribution in [2.24, 2.45) is 0 Å². The third kappa shape index (κ3) is 4.21. The zero-order chi connectivity index (χ0) is 16.9. The summed E-state index contributed by atoms with van der Waals surface area (Å²) in [6, 6.07) is 4.55. The second kappa shape index (κ2) is 7.44. The number of aliphatic carboxylic acids is 1. The minimum Gasteiger partial charge on any atom is -0.494 e. The summed E-state index contributed by atoms with van der Waals surface area (Å²) in [7, 11) is 1.39. The lowest BCUT2D eigenvalue weighted by Gasteiger charge is -2.34. The van der Waals surface area contributed by atoms with Crippen molar-refractivity contribution in [1.29, 1.82) is 0 Å². The zero-order valence-corrected chi connectivity index (χ0v) is 13.2. The first-order valence-corrected chi connectivity index (χ1v) is 7.84. The highest BCUT2D eigenvalue weighted by Gasteiger charge is 2.40. The van der Waals surface area contributed by atoms with Crippen LogP contribution in [0.15, 0.2) is 18.2 Å². The molecule has 6 heteroatoms. The van der Waals surface area contributed by atoms with Gasteiger partial charge in [-0.1, -0.05) is 25.3 Å². The van der Waals surface area contributed by atoms with Crippen LogP contribution in [-0.2, 0) is 16.0 Å². The van der Waals surface area contributed by atoms with E-state index in [1.807, 2.05) is 0 Å². The minimum absolute atomic E-state index is 0.126. The van der Waals surface area contributed by atoms with E-state index >= 15 is 0 Å². The van der Waals surface area contributed by atoms with Gasteiger partial charge in [-0.05, 0) is 37.0 Å². The lowest BCUT2D eigenvalue weighted by molar-refractivity contribution is -0.149. The first kappa shape index (κ1) is 17.2. The second-order valence-corrected chi connectivity index (χ2v) is 5.96. The number of hydrogen-bond donors (Lipinski definition) is 2. The number of nitrogens with one attached hydrogen (secondary N) is 1. The van der Waals surface area contributed by atoms with Crippen molar-refractivity contribution < 1.29 is 23.8 Å². The van der Waals surface area contributed by atoms with Gasteiger partial charge in [0, 0.05) is 6.42 Å². The van der Waals surface area contributed by atoms with Crippen LogP contribution in [0.1, 0.15) is 44.1 Å². The van der Waals surface area contributed by atoms with Crippen LogP contribution >= 0.6 is 0 Å². The first-order chi connectivity index (χ1) is 11.0. The number of ether oxygens (including phenoxy) is 1. The Morgan fingerprint density at radius 1 is 1.30 bits per heavy atom. The lowest BCUT2D eigenvalue weighted by Crippen LogP contribution is -2.55. The molecule has 1 aromatic rings. The smallest absolute Gasteiger partial charge is 0.329 e. The summed E-state index contributed by atoms with van der Waals surface area (Å²) in [5.74, 6) is -1.60. The van der Waals surface area contributed by atoms with Crippen LogP contribution < -0.4 is 10.1 Å². The Labute approximate surface area is 134 Å². The predicted octanol–water partition coefficient (Wildman–Crippen LogP) is 2.67. The summed E-state index contributed by atoms with van der Waals surface area (Å²) < 4.78 is 18.5. The fourth-order valence-electron chi connectivity index (χ4n) is 3.00. The van der Waals surface area contributed by atoms with Crippen molar-refractivity contribution >= 4 is 11.9 Å². The molecule has 0 unspecified atom stereocenters. The van der Waals surface area contributed by atoms with E-state index in [9.17, 15) is 19.1 Å². The van der Waals surface area contributed by atoms with Gasteiger partial charge in [0.05, 0.1) is 7.11 Å². The number of carboxylic acid groups (broad SMARTS) is 1. The van der Waals surface area contributed by atoms with Crippen LogP contribution in [0.2, 0.25) is 0 Å². The number of benzene rings is 1. The SMILES string of the molecule is COc1ccc(CCC(=O)NC2(C(=O)O)CCCCC2)cc1F. The molecule has 0 heterocycles. The molecule has 0 radical (unpaired) electrons. The number of carbonyl (C=O) groups is 2. The Bertz CT molecular complexity index is 582. The minimum atomic E-state index is -1.14. The van der Waals surface area contributed by atoms with E-state index < -0.39 is 17.3 Å². The molecule has 126 valence electrons. The summed E-state index contributed by atoms with van der Waals surface area (Å²) in [5, 5.41) is 12.1. The number of amides is 1. The molecule has 1 amide bonds. The monoisotopic (exact) mass is 323 g/mol. The number of carbonyl (C=O) groups excluding carboxylic acids is 1. The van der Waals surface area contributed by atoms with Gasteiger partial charge in [-0.2, -0.15) is 0 Å². The zero-order valence-electron chi connectivity index (χ0n) is 13.2. The molecule has 2 rings (SSSR count). The van der Waals surface area contributed by atoms with Crippen LogP contribution in [-0.4, -0.2) is 29.6 Å². The van der Waals surface area contributed by atoms with Crippen molar-refractivity contribution in [2.75, 3.05) is 7.11 Å². The number of halogens is 1. The van der Waals surface area contributed by atoms with Gasteiger partial charge in [-0.25, -0.2) is 9.18 Å². The van der Waals surface area contributed by atoms with Crippen LogP contribution in [0.25, 0.3) is 0 Å². The molecule has 0 atom stereocenters. The molecule has 1 aliphatic carbocycles. The highest BCUT2D eigenvalue weighted by molar-refractivity contribution is 5.87. The van der Waals surface area contributed by atoms with Crippen molar-refractivity contribution in [3.8, 4) is 5.75 Å². The molecule has 0 aromatic heterocycles. The van der Waals surface area contributed by atoms with Crippen LogP contribution in [0, 0.1) is 5.82 Å². The number of hydrogen-bond acceptors (Lipinski definition) is 3. The molecule has 23 heavy (non-hydrogen) atoms. The third-order valence-corrected chi connectivity index (χ3v) is 4.35. The van der Waals surface area contributed by atoms with Gasteiger partial charge >= 0.3 is 5.97 Å². The maximum atomic E-state index is 13.6.